The van der Waals surface area contributed by atoms with Gasteiger partial charge in [0.2, 0.25) is 0 Å². The van der Waals surface area contributed by atoms with Crippen molar-refractivity contribution in [1.82, 2.24) is 0 Å². The number of ether oxygens (including phenoxy) is 3. The lowest BCUT2D eigenvalue weighted by Crippen LogP contribution is -2.30. The number of carbonyl (C=O) groups excluding carboxylic acids is 2. The van der Waals surface area contributed by atoms with Gasteiger partial charge >= 0.3 is 11.9 Å². The van der Waals surface area contributed by atoms with Gasteiger partial charge in [-0.2, -0.15) is 0 Å². The molecule has 1 unspecified atom stereocenters. The molecule has 0 aliphatic carbocycles. The van der Waals surface area contributed by atoms with Crippen LogP contribution in [0.3, 0.4) is 0 Å². The van der Waals surface area contributed by atoms with Crippen molar-refractivity contribution in [3.8, 4) is 0 Å². The topological polar surface area (TPSA) is 61.8 Å². The Morgan fingerprint density at radius 1 is 0.348 bits per heavy atom. The second-order valence-corrected chi connectivity index (χ2v) is 17.7. The first-order chi connectivity index (χ1) is 32.6. The Kier molecular flexibility index (Phi) is 53.0. The van der Waals surface area contributed by atoms with E-state index in [0.29, 0.717) is 19.4 Å². The molecule has 5 heteroatoms. The van der Waals surface area contributed by atoms with Crippen LogP contribution in [0.4, 0.5) is 0 Å². The van der Waals surface area contributed by atoms with Crippen LogP contribution in [0.1, 0.15) is 239 Å². The largest absolute Gasteiger partial charge is 0.462 e. The van der Waals surface area contributed by atoms with Crippen LogP contribution in [0, 0.1) is 0 Å². The molecule has 1 atom stereocenters. The van der Waals surface area contributed by atoms with Gasteiger partial charge in [0.1, 0.15) is 6.61 Å². The fourth-order valence-corrected chi connectivity index (χ4v) is 7.19. The molecular formula is C61H102O5. The molecule has 5 nitrogen and oxygen atoms in total. The molecule has 0 heterocycles. The summed E-state index contributed by atoms with van der Waals surface area (Å²) < 4.78 is 17.4. The number of carbonyl (C=O) groups is 2. The molecule has 0 aliphatic heterocycles. The monoisotopic (exact) mass is 915 g/mol. The van der Waals surface area contributed by atoms with Crippen molar-refractivity contribution in [3.05, 3.63) is 109 Å². The van der Waals surface area contributed by atoms with Crippen molar-refractivity contribution >= 4 is 11.9 Å². The van der Waals surface area contributed by atoms with Crippen LogP contribution in [-0.2, 0) is 23.8 Å². The number of hydrogen-bond acceptors (Lipinski definition) is 5. The Hall–Kier alpha value is -3.44. The molecule has 0 saturated carbocycles. The van der Waals surface area contributed by atoms with Crippen LogP contribution in [-0.4, -0.2) is 37.9 Å². The molecule has 0 fully saturated rings. The van der Waals surface area contributed by atoms with Gasteiger partial charge in [-0.25, -0.2) is 0 Å². The predicted octanol–water partition coefficient (Wildman–Crippen LogP) is 18.8. The fraction of sp³-hybridized carbons (Fsp3) is 0.672. The highest BCUT2D eigenvalue weighted by molar-refractivity contribution is 5.70. The van der Waals surface area contributed by atoms with Gasteiger partial charge in [-0.1, -0.05) is 214 Å². The molecule has 0 rings (SSSR count). The first kappa shape index (κ1) is 62.6. The van der Waals surface area contributed by atoms with E-state index in [2.05, 4.69) is 130 Å². The summed E-state index contributed by atoms with van der Waals surface area (Å²) in [4.78, 5) is 25.5. The lowest BCUT2D eigenvalue weighted by molar-refractivity contribution is -0.163. The number of unbranched alkanes of at least 4 members (excludes halogenated alkanes) is 20. The molecule has 0 radical (unpaired) electrons. The van der Waals surface area contributed by atoms with Crippen LogP contribution in [0.5, 0.6) is 0 Å². The molecule has 0 aromatic rings. The second kappa shape index (κ2) is 55.9. The van der Waals surface area contributed by atoms with E-state index in [1.807, 2.05) is 0 Å². The third-order valence-electron chi connectivity index (χ3n) is 11.2. The van der Waals surface area contributed by atoms with Crippen LogP contribution in [0.15, 0.2) is 109 Å². The zero-order valence-electron chi connectivity index (χ0n) is 43.2. The first-order valence-corrected chi connectivity index (χ1v) is 27.4. The maximum Gasteiger partial charge on any atom is 0.306 e. The van der Waals surface area contributed by atoms with Gasteiger partial charge in [0.05, 0.1) is 6.61 Å². The summed E-state index contributed by atoms with van der Waals surface area (Å²) in [5.74, 6) is -0.446. The highest BCUT2D eigenvalue weighted by Crippen LogP contribution is 2.14. The van der Waals surface area contributed by atoms with E-state index >= 15 is 0 Å². The Labute approximate surface area is 408 Å². The Bertz CT molecular complexity index is 1310. The van der Waals surface area contributed by atoms with E-state index in [0.717, 1.165) is 116 Å². The molecule has 0 amide bonds. The average Bonchev–Trinajstić information content (AvgIpc) is 3.32. The number of rotatable bonds is 49. The second-order valence-electron chi connectivity index (χ2n) is 17.7. The zero-order chi connectivity index (χ0) is 47.7. The molecule has 66 heavy (non-hydrogen) atoms. The average molecular weight is 915 g/mol. The highest BCUT2D eigenvalue weighted by Gasteiger charge is 2.17. The molecule has 0 saturated heterocycles. The van der Waals surface area contributed by atoms with Crippen molar-refractivity contribution in [2.45, 2.75) is 245 Å². The SMILES string of the molecule is CC/C=C\C/C=C\C/C=C\C/C=C\C/C=C\CCCCOCC(COC(=O)CCCCCCCCCCC/C=C\C/C=C\CCCCC)OC(=O)CCCCCCC/C=C\C/C=C\CCC. The summed E-state index contributed by atoms with van der Waals surface area (Å²) in [5, 5.41) is 0. The van der Waals surface area contributed by atoms with Crippen LogP contribution >= 0.6 is 0 Å². The van der Waals surface area contributed by atoms with Gasteiger partial charge in [0, 0.05) is 19.4 Å². The minimum atomic E-state index is -0.575. The first-order valence-electron chi connectivity index (χ1n) is 27.4. The van der Waals surface area contributed by atoms with Gasteiger partial charge in [-0.05, 0) is 122 Å². The Morgan fingerprint density at radius 3 is 1.15 bits per heavy atom. The normalized spacial score (nSPS) is 13.1. The van der Waals surface area contributed by atoms with Crippen molar-refractivity contribution in [1.29, 1.82) is 0 Å². The van der Waals surface area contributed by atoms with E-state index in [4.69, 9.17) is 14.2 Å². The maximum absolute atomic E-state index is 12.8. The van der Waals surface area contributed by atoms with E-state index in [1.54, 1.807) is 0 Å². The van der Waals surface area contributed by atoms with E-state index < -0.39 is 6.10 Å². The molecule has 0 aliphatic rings. The summed E-state index contributed by atoms with van der Waals surface area (Å²) in [6, 6.07) is 0. The van der Waals surface area contributed by atoms with Crippen molar-refractivity contribution in [3.63, 3.8) is 0 Å². The summed E-state index contributed by atoms with van der Waals surface area (Å²) in [7, 11) is 0. The van der Waals surface area contributed by atoms with E-state index in [1.165, 1.54) is 89.9 Å². The van der Waals surface area contributed by atoms with Gasteiger partial charge in [0.25, 0.3) is 0 Å². The van der Waals surface area contributed by atoms with Crippen LogP contribution in [0.25, 0.3) is 0 Å². The molecule has 0 aromatic carbocycles. The fourth-order valence-electron chi connectivity index (χ4n) is 7.19. The lowest BCUT2D eigenvalue weighted by atomic mass is 10.1. The number of esters is 2. The molecule has 0 bridgehead atoms. The predicted molar refractivity (Wildman–Crippen MR) is 288 cm³/mol. The molecule has 0 spiro atoms. The molecule has 0 aromatic heterocycles. The number of hydrogen-bond donors (Lipinski definition) is 0. The summed E-state index contributed by atoms with van der Waals surface area (Å²) in [6.07, 6.45) is 76.8. The van der Waals surface area contributed by atoms with E-state index in [-0.39, 0.29) is 25.2 Å². The lowest BCUT2D eigenvalue weighted by Gasteiger charge is -2.18. The minimum Gasteiger partial charge on any atom is -0.462 e. The molecule has 0 N–H and O–H groups in total. The quantitative estimate of drug-likeness (QED) is 0.0346. The summed E-state index contributed by atoms with van der Waals surface area (Å²) >= 11 is 0. The highest BCUT2D eigenvalue weighted by atomic mass is 16.6. The van der Waals surface area contributed by atoms with Gasteiger partial charge in [0.15, 0.2) is 6.10 Å². The van der Waals surface area contributed by atoms with Crippen molar-refractivity contribution in [2.75, 3.05) is 19.8 Å². The summed E-state index contributed by atoms with van der Waals surface area (Å²) in [5.41, 5.74) is 0. The summed E-state index contributed by atoms with van der Waals surface area (Å²) in [6.45, 7) is 7.51. The van der Waals surface area contributed by atoms with E-state index in [9.17, 15) is 9.59 Å². The molecule has 376 valence electrons. The molecular weight excluding hydrogens is 813 g/mol. The van der Waals surface area contributed by atoms with Crippen LogP contribution in [0.2, 0.25) is 0 Å². The van der Waals surface area contributed by atoms with Crippen molar-refractivity contribution < 1.29 is 23.8 Å². The number of allylic oxidation sites excluding steroid dienone is 18. The third-order valence-corrected chi connectivity index (χ3v) is 11.2. The van der Waals surface area contributed by atoms with Gasteiger partial charge in [-0.15, -0.1) is 0 Å². The Morgan fingerprint density at radius 2 is 0.712 bits per heavy atom. The standard InChI is InChI=1S/C61H102O5/c1-4-7-10-13-16-19-22-25-27-29-31-32-34-37-39-42-45-48-51-54-60(62)65-58-59(66-61(63)55-52-49-46-43-40-36-24-21-18-15-12-9-6-3)57-64-56-53-50-47-44-41-38-35-33-30-28-26-23-20-17-14-11-8-5-2/h8,11-12,15-17,19-21,24-28,33,35,41,44,59H,4-7,9-10,13-14,18,22-23,29-32,34,36-40,42-43,45-58H2,1-3H3/b11-8-,15-12-,19-16-,20-17-,24-21-,27-25-,28-26-,35-33-,44-41-. The third kappa shape index (κ3) is 53.2. The Balaban J connectivity index is 4.36. The van der Waals surface area contributed by atoms with Crippen LogP contribution < -0.4 is 0 Å². The van der Waals surface area contributed by atoms with Gasteiger partial charge < -0.3 is 14.2 Å². The maximum atomic E-state index is 12.8. The minimum absolute atomic E-state index is 0.0541. The smallest absolute Gasteiger partial charge is 0.306 e. The van der Waals surface area contributed by atoms with Crippen molar-refractivity contribution in [2.24, 2.45) is 0 Å². The van der Waals surface area contributed by atoms with Gasteiger partial charge in [-0.3, -0.25) is 9.59 Å². The zero-order valence-corrected chi connectivity index (χ0v) is 43.2.